The van der Waals surface area contributed by atoms with Crippen molar-refractivity contribution in [2.24, 2.45) is 0 Å². The lowest BCUT2D eigenvalue weighted by molar-refractivity contribution is -0.137. The van der Waals surface area contributed by atoms with Gasteiger partial charge < -0.3 is 20.5 Å². The maximum absolute atomic E-state index is 13.3. The Hall–Kier alpha value is -4.73. The monoisotopic (exact) mass is 608 g/mol. The zero-order chi connectivity index (χ0) is 31.4. The summed E-state index contributed by atoms with van der Waals surface area (Å²) in [5.41, 5.74) is 2.08. The molecule has 0 bridgehead atoms. The molecule has 0 saturated heterocycles. The van der Waals surface area contributed by atoms with Crippen molar-refractivity contribution in [3.8, 4) is 11.1 Å². The third-order valence-corrected chi connectivity index (χ3v) is 6.40. The number of hydrogen-bond donors (Lipinski definition) is 3. The van der Waals surface area contributed by atoms with Gasteiger partial charge in [-0.3, -0.25) is 9.59 Å². The first kappa shape index (κ1) is 32.8. The largest absolute Gasteiger partial charge is 0.416 e. The molecule has 1 atom stereocenters. The van der Waals surface area contributed by atoms with E-state index in [-0.39, 0.29) is 17.7 Å². The summed E-state index contributed by atoms with van der Waals surface area (Å²) in [6.45, 7) is 0. The van der Waals surface area contributed by atoms with Crippen LogP contribution in [0.25, 0.3) is 17.2 Å². The molecule has 0 saturated carbocycles. The number of hydrogen-bond acceptors (Lipinski definition) is 4. The molecule has 0 heterocycles. The Kier molecular flexibility index (Phi) is 11.8. The third kappa shape index (κ3) is 9.66. The molecule has 4 rings (SSSR count). The molecule has 0 fully saturated rings. The van der Waals surface area contributed by atoms with Crippen LogP contribution < -0.4 is 10.6 Å². The molecule has 0 aromatic heterocycles. The number of halogens is 4. The highest BCUT2D eigenvalue weighted by atomic mass is 35.5. The molecule has 222 valence electrons. The molecule has 3 N–H and O–H groups in total. The van der Waals surface area contributed by atoms with Gasteiger partial charge in [-0.05, 0) is 71.1 Å². The maximum Gasteiger partial charge on any atom is 0.416 e. The minimum Gasteiger partial charge on any atom is -0.400 e. The van der Waals surface area contributed by atoms with Crippen LogP contribution in [-0.4, -0.2) is 36.4 Å². The molecule has 0 spiro atoms. The summed E-state index contributed by atoms with van der Waals surface area (Å²) in [6.07, 6.45) is -2.37. The van der Waals surface area contributed by atoms with Gasteiger partial charge in [0.2, 0.25) is 0 Å². The second kappa shape index (κ2) is 15.5. The molecule has 1 unspecified atom stereocenters. The molecule has 0 radical (unpaired) electrons. The number of carbonyl (C=O) groups excluding carboxylic acids is 3. The molecule has 0 aliphatic heterocycles. The number of rotatable bonds is 9. The SMILES string of the molecule is CO.O=CC(Cc1ccc(Cl)cc1)NC(=O)/C(=C\c1ccc(-c2ccccc2)cc1)NC(=O)c1ccc(C(F)(F)F)cc1. The van der Waals surface area contributed by atoms with Gasteiger partial charge in [-0.1, -0.05) is 78.3 Å². The predicted octanol–water partition coefficient (Wildman–Crippen LogP) is 6.33. The third-order valence-electron chi connectivity index (χ3n) is 6.15. The molecular weight excluding hydrogens is 581 g/mol. The smallest absolute Gasteiger partial charge is 0.400 e. The van der Waals surface area contributed by atoms with Gasteiger partial charge in [0.1, 0.15) is 12.0 Å². The zero-order valence-corrected chi connectivity index (χ0v) is 23.7. The van der Waals surface area contributed by atoms with Crippen molar-refractivity contribution < 1.29 is 32.7 Å². The number of aliphatic hydroxyl groups excluding tert-OH is 1. The molecule has 43 heavy (non-hydrogen) atoms. The molecule has 4 aromatic rings. The van der Waals surface area contributed by atoms with E-state index in [9.17, 15) is 27.6 Å². The highest BCUT2D eigenvalue weighted by Gasteiger charge is 2.30. The van der Waals surface area contributed by atoms with Crippen LogP contribution >= 0.6 is 11.6 Å². The van der Waals surface area contributed by atoms with E-state index in [0.717, 1.165) is 48.1 Å². The molecule has 6 nitrogen and oxygen atoms in total. The number of aldehydes is 1. The average molecular weight is 609 g/mol. The summed E-state index contributed by atoms with van der Waals surface area (Å²) in [6, 6.07) is 26.3. The van der Waals surface area contributed by atoms with Gasteiger partial charge in [-0.25, -0.2) is 0 Å². The zero-order valence-electron chi connectivity index (χ0n) is 22.9. The first-order valence-electron chi connectivity index (χ1n) is 12.9. The molecular formula is C33H28ClF3N2O4. The van der Waals surface area contributed by atoms with Gasteiger partial charge in [0, 0.05) is 17.7 Å². The number of carbonyl (C=O) groups is 3. The van der Waals surface area contributed by atoms with E-state index >= 15 is 0 Å². The van der Waals surface area contributed by atoms with Crippen LogP contribution in [0.4, 0.5) is 13.2 Å². The Balaban J connectivity index is 0.00000248. The van der Waals surface area contributed by atoms with E-state index in [1.54, 1.807) is 36.4 Å². The van der Waals surface area contributed by atoms with Gasteiger partial charge >= 0.3 is 6.18 Å². The summed E-state index contributed by atoms with van der Waals surface area (Å²) in [7, 11) is 1.00. The Morgan fingerprint density at radius 1 is 0.837 bits per heavy atom. The van der Waals surface area contributed by atoms with Crippen molar-refractivity contribution >= 4 is 35.8 Å². The van der Waals surface area contributed by atoms with Crippen molar-refractivity contribution in [1.82, 2.24) is 10.6 Å². The van der Waals surface area contributed by atoms with E-state index < -0.39 is 29.6 Å². The lowest BCUT2D eigenvalue weighted by atomic mass is 10.0. The number of alkyl halides is 3. The predicted molar refractivity (Wildman–Crippen MR) is 160 cm³/mol. The summed E-state index contributed by atoms with van der Waals surface area (Å²) < 4.78 is 38.8. The van der Waals surface area contributed by atoms with E-state index in [2.05, 4.69) is 10.6 Å². The fourth-order valence-corrected chi connectivity index (χ4v) is 4.11. The van der Waals surface area contributed by atoms with Crippen LogP contribution in [-0.2, 0) is 22.2 Å². The van der Waals surface area contributed by atoms with E-state index in [1.807, 2.05) is 42.5 Å². The average Bonchev–Trinajstić information content (AvgIpc) is 3.02. The van der Waals surface area contributed by atoms with Crippen LogP contribution in [0.15, 0.2) is 109 Å². The number of nitrogens with one attached hydrogen (secondary N) is 2. The standard InChI is InChI=1S/C32H24ClF3N2O3.CH4O/c33-27-16-8-21(9-17-27)18-28(20-39)37-31(41)29(38-30(40)25-12-14-26(15-13-25)32(34,35)36)19-22-6-10-24(11-7-22)23-4-2-1-3-5-23;1-2/h1-17,19-20,28H,18H2,(H,37,41)(H,38,40);2H,1H3/b29-19+;. The second-order valence-corrected chi connectivity index (χ2v) is 9.56. The van der Waals surface area contributed by atoms with Crippen molar-refractivity contribution in [2.45, 2.75) is 18.6 Å². The summed E-state index contributed by atoms with van der Waals surface area (Å²) in [5.74, 6) is -1.54. The maximum atomic E-state index is 13.3. The lowest BCUT2D eigenvalue weighted by Gasteiger charge is -2.16. The summed E-state index contributed by atoms with van der Waals surface area (Å²) in [5, 5.41) is 12.6. The van der Waals surface area contributed by atoms with E-state index in [4.69, 9.17) is 16.7 Å². The Labute approximate surface area is 251 Å². The van der Waals surface area contributed by atoms with E-state index in [0.29, 0.717) is 16.9 Å². The number of amides is 2. The lowest BCUT2D eigenvalue weighted by Crippen LogP contribution is -2.42. The highest BCUT2D eigenvalue weighted by Crippen LogP contribution is 2.29. The number of aliphatic hydroxyl groups is 1. The highest BCUT2D eigenvalue weighted by molar-refractivity contribution is 6.30. The summed E-state index contributed by atoms with van der Waals surface area (Å²) in [4.78, 5) is 38.0. The van der Waals surface area contributed by atoms with Crippen molar-refractivity contribution in [3.63, 3.8) is 0 Å². The van der Waals surface area contributed by atoms with Gasteiger partial charge in [0.25, 0.3) is 11.8 Å². The summed E-state index contributed by atoms with van der Waals surface area (Å²) >= 11 is 5.92. The van der Waals surface area contributed by atoms with Gasteiger partial charge in [-0.15, -0.1) is 0 Å². The fraction of sp³-hybridized carbons (Fsp3) is 0.121. The quantitative estimate of drug-likeness (QED) is 0.153. The molecule has 0 aliphatic rings. The number of benzene rings is 4. The van der Waals surface area contributed by atoms with Gasteiger partial charge in [-0.2, -0.15) is 13.2 Å². The van der Waals surface area contributed by atoms with Crippen LogP contribution in [0.5, 0.6) is 0 Å². The van der Waals surface area contributed by atoms with Crippen molar-refractivity contribution in [2.75, 3.05) is 7.11 Å². The molecule has 4 aromatic carbocycles. The van der Waals surface area contributed by atoms with Crippen molar-refractivity contribution in [3.05, 3.63) is 136 Å². The van der Waals surface area contributed by atoms with Gasteiger partial charge in [0.05, 0.1) is 11.6 Å². The van der Waals surface area contributed by atoms with Crippen molar-refractivity contribution in [1.29, 1.82) is 0 Å². The molecule has 2 amide bonds. The minimum absolute atomic E-state index is 0.0794. The second-order valence-electron chi connectivity index (χ2n) is 9.12. The normalized spacial score (nSPS) is 11.9. The first-order chi connectivity index (χ1) is 20.6. The first-order valence-corrected chi connectivity index (χ1v) is 13.3. The Morgan fingerprint density at radius 2 is 1.42 bits per heavy atom. The Morgan fingerprint density at radius 3 is 1.98 bits per heavy atom. The molecule has 0 aliphatic carbocycles. The van der Waals surface area contributed by atoms with Gasteiger partial charge in [0.15, 0.2) is 0 Å². The minimum atomic E-state index is -4.56. The van der Waals surface area contributed by atoms with E-state index in [1.165, 1.54) is 6.08 Å². The Bertz CT molecular complexity index is 1540. The van der Waals surface area contributed by atoms with Crippen LogP contribution in [0.3, 0.4) is 0 Å². The van der Waals surface area contributed by atoms with Crippen LogP contribution in [0.2, 0.25) is 5.02 Å². The topological polar surface area (TPSA) is 95.5 Å². The van der Waals surface area contributed by atoms with Crippen LogP contribution in [0, 0.1) is 0 Å². The fourth-order valence-electron chi connectivity index (χ4n) is 3.99. The molecule has 10 heteroatoms. The van der Waals surface area contributed by atoms with Crippen LogP contribution in [0.1, 0.15) is 27.0 Å².